The molecule has 9 aromatic rings. The summed E-state index contributed by atoms with van der Waals surface area (Å²) in [5.74, 6) is 0.552. The predicted molar refractivity (Wildman–Crippen MR) is 259 cm³/mol. The van der Waals surface area contributed by atoms with E-state index in [1.54, 1.807) is 0 Å². The molecule has 0 unspecified atom stereocenters. The molecule has 0 saturated carbocycles. The molecule has 10 rings (SSSR count). The van der Waals surface area contributed by atoms with Crippen LogP contribution < -0.4 is 4.90 Å². The Kier molecular flexibility index (Phi) is 9.06. The maximum Gasteiger partial charge on any atom is 0.0462 e. The molecule has 1 aliphatic carbocycles. The van der Waals surface area contributed by atoms with Crippen LogP contribution in [0.4, 0.5) is 17.1 Å². The highest BCUT2D eigenvalue weighted by molar-refractivity contribution is 6.24. The van der Waals surface area contributed by atoms with Gasteiger partial charge in [0.05, 0.1) is 0 Å². The number of fused-ring (bicyclic) bond motifs is 7. The zero-order chi connectivity index (χ0) is 41.3. The molecule has 0 amide bonds. The van der Waals surface area contributed by atoms with Crippen LogP contribution in [0, 0.1) is 5.92 Å². The van der Waals surface area contributed by atoms with Crippen molar-refractivity contribution in [3.63, 3.8) is 0 Å². The summed E-state index contributed by atoms with van der Waals surface area (Å²) in [7, 11) is 0. The first-order valence-electron chi connectivity index (χ1n) is 21.7. The van der Waals surface area contributed by atoms with Crippen LogP contribution in [0.25, 0.3) is 65.7 Å². The van der Waals surface area contributed by atoms with E-state index in [1.807, 2.05) is 0 Å². The van der Waals surface area contributed by atoms with E-state index in [0.717, 1.165) is 23.5 Å². The fourth-order valence-electron chi connectivity index (χ4n) is 10.1. The Labute approximate surface area is 356 Å². The number of nitrogens with zero attached hydrogens (tertiary/aromatic N) is 1. The zero-order valence-electron chi connectivity index (χ0n) is 36.0. The lowest BCUT2D eigenvalue weighted by atomic mass is 9.78. The van der Waals surface area contributed by atoms with Crippen LogP contribution in [-0.4, -0.2) is 0 Å². The Bertz CT molecular complexity index is 3070. The molecule has 0 aliphatic heterocycles. The van der Waals surface area contributed by atoms with Gasteiger partial charge in [-0.2, -0.15) is 0 Å². The third-order valence-electron chi connectivity index (χ3n) is 13.0. The number of hydrogen-bond donors (Lipinski definition) is 0. The van der Waals surface area contributed by atoms with Gasteiger partial charge in [-0.1, -0.05) is 182 Å². The molecule has 0 bridgehead atoms. The van der Waals surface area contributed by atoms with Gasteiger partial charge in [0.15, 0.2) is 0 Å². The summed E-state index contributed by atoms with van der Waals surface area (Å²) in [6, 6.07) is 66.2. The molecular formula is C59H53N. The summed E-state index contributed by atoms with van der Waals surface area (Å²) in [6.45, 7) is 16.3. The highest BCUT2D eigenvalue weighted by Crippen LogP contribution is 2.55. The van der Waals surface area contributed by atoms with Gasteiger partial charge in [0, 0.05) is 22.5 Å². The molecular weight excluding hydrogens is 723 g/mol. The van der Waals surface area contributed by atoms with E-state index in [2.05, 4.69) is 229 Å². The molecule has 1 aliphatic rings. The van der Waals surface area contributed by atoms with Crippen molar-refractivity contribution in [3.8, 4) is 33.4 Å². The third-order valence-corrected chi connectivity index (χ3v) is 13.0. The average Bonchev–Trinajstić information content (AvgIpc) is 3.49. The minimum Gasteiger partial charge on any atom is -0.311 e. The van der Waals surface area contributed by atoms with Crippen LogP contribution in [0.5, 0.6) is 0 Å². The fourth-order valence-corrected chi connectivity index (χ4v) is 10.1. The van der Waals surface area contributed by atoms with E-state index in [-0.39, 0.29) is 10.8 Å². The SMILES string of the molecule is CC(C)Cc1ccc2c(-c3ccc(N(c4ccccc4)c4ccc(C(C)(C)C)cc4)cc3)c3ccccc3c(-c3cc4c(c5ccccc35)-c3ccccc3C4(C)C)c2c1. The number of para-hydroxylation sites is 1. The van der Waals surface area contributed by atoms with Gasteiger partial charge in [-0.25, -0.2) is 0 Å². The molecule has 0 heterocycles. The second kappa shape index (κ2) is 14.4. The molecule has 0 saturated heterocycles. The van der Waals surface area contributed by atoms with Gasteiger partial charge < -0.3 is 4.90 Å². The molecule has 9 aromatic carbocycles. The summed E-state index contributed by atoms with van der Waals surface area (Å²) in [6.07, 6.45) is 1.03. The summed E-state index contributed by atoms with van der Waals surface area (Å²) in [5.41, 5.74) is 16.8. The number of anilines is 3. The normalized spacial score (nSPS) is 13.3. The predicted octanol–water partition coefficient (Wildman–Crippen LogP) is 16.8. The first kappa shape index (κ1) is 37.8. The maximum atomic E-state index is 2.55. The van der Waals surface area contributed by atoms with E-state index in [0.29, 0.717) is 5.92 Å². The van der Waals surface area contributed by atoms with Crippen LogP contribution >= 0.6 is 0 Å². The van der Waals surface area contributed by atoms with E-state index >= 15 is 0 Å². The topological polar surface area (TPSA) is 3.24 Å². The fraction of sp³-hybridized carbons (Fsp3) is 0.186. The molecule has 0 aromatic heterocycles. The standard InChI is InChI=1S/C59H53N/c1-38(2)35-39-25-34-49-51(36-39)56(52-37-54-57(46-20-12-11-19-45(46)52)50-23-15-16-24-53(50)59(54,6)7)48-22-14-13-21-47(48)55(49)40-26-30-43(31-27-40)60(42-17-9-8-10-18-42)44-32-28-41(29-33-44)58(3,4)5/h8-34,36-38H,35H2,1-7H3. The molecule has 0 atom stereocenters. The van der Waals surface area contributed by atoms with Crippen molar-refractivity contribution in [2.45, 2.75) is 65.7 Å². The van der Waals surface area contributed by atoms with Crippen molar-refractivity contribution >= 4 is 49.4 Å². The monoisotopic (exact) mass is 775 g/mol. The van der Waals surface area contributed by atoms with Crippen LogP contribution in [-0.2, 0) is 17.3 Å². The van der Waals surface area contributed by atoms with Crippen LogP contribution in [0.15, 0.2) is 176 Å². The first-order valence-corrected chi connectivity index (χ1v) is 21.7. The smallest absolute Gasteiger partial charge is 0.0462 e. The number of rotatable bonds is 7. The Hall–Kier alpha value is -6.44. The highest BCUT2D eigenvalue weighted by atomic mass is 15.1. The van der Waals surface area contributed by atoms with Crippen molar-refractivity contribution in [2.75, 3.05) is 4.90 Å². The molecule has 60 heavy (non-hydrogen) atoms. The largest absolute Gasteiger partial charge is 0.311 e. The second-order valence-corrected chi connectivity index (χ2v) is 18.9. The Morgan fingerprint density at radius 3 is 1.63 bits per heavy atom. The van der Waals surface area contributed by atoms with Crippen molar-refractivity contribution in [3.05, 3.63) is 198 Å². The maximum absolute atomic E-state index is 2.55. The van der Waals surface area contributed by atoms with Gasteiger partial charge in [-0.05, 0) is 148 Å². The summed E-state index contributed by atoms with van der Waals surface area (Å²) in [5, 5.41) is 7.79. The van der Waals surface area contributed by atoms with Crippen molar-refractivity contribution in [2.24, 2.45) is 5.92 Å². The van der Waals surface area contributed by atoms with Crippen LogP contribution in [0.3, 0.4) is 0 Å². The third kappa shape index (κ3) is 6.22. The van der Waals surface area contributed by atoms with Crippen molar-refractivity contribution < 1.29 is 0 Å². The van der Waals surface area contributed by atoms with E-state index in [1.165, 1.54) is 88.0 Å². The van der Waals surface area contributed by atoms with Gasteiger partial charge in [0.2, 0.25) is 0 Å². The Morgan fingerprint density at radius 2 is 0.983 bits per heavy atom. The van der Waals surface area contributed by atoms with Gasteiger partial charge in [0.1, 0.15) is 0 Å². The summed E-state index contributed by atoms with van der Waals surface area (Å²) in [4.78, 5) is 2.37. The van der Waals surface area contributed by atoms with Gasteiger partial charge >= 0.3 is 0 Å². The number of benzene rings is 9. The highest BCUT2D eigenvalue weighted by Gasteiger charge is 2.37. The molecule has 0 spiro atoms. The zero-order valence-corrected chi connectivity index (χ0v) is 36.0. The Balaban J connectivity index is 1.20. The van der Waals surface area contributed by atoms with E-state index < -0.39 is 0 Å². The summed E-state index contributed by atoms with van der Waals surface area (Å²) >= 11 is 0. The van der Waals surface area contributed by atoms with Crippen LogP contribution in [0.1, 0.15) is 70.7 Å². The molecule has 1 heteroatoms. The lowest BCUT2D eigenvalue weighted by Crippen LogP contribution is -2.15. The molecule has 0 fully saturated rings. The molecule has 0 radical (unpaired) electrons. The molecule has 0 N–H and O–H groups in total. The lowest BCUT2D eigenvalue weighted by molar-refractivity contribution is 0.590. The average molecular weight is 776 g/mol. The quantitative estimate of drug-likeness (QED) is 0.146. The Morgan fingerprint density at radius 1 is 0.450 bits per heavy atom. The minimum atomic E-state index is -0.122. The van der Waals surface area contributed by atoms with Crippen molar-refractivity contribution in [1.29, 1.82) is 0 Å². The summed E-state index contributed by atoms with van der Waals surface area (Å²) < 4.78 is 0. The van der Waals surface area contributed by atoms with Gasteiger partial charge in [-0.15, -0.1) is 0 Å². The van der Waals surface area contributed by atoms with E-state index in [9.17, 15) is 0 Å². The van der Waals surface area contributed by atoms with Crippen molar-refractivity contribution in [1.82, 2.24) is 0 Å². The first-order chi connectivity index (χ1) is 29.0. The van der Waals surface area contributed by atoms with Gasteiger partial charge in [-0.3, -0.25) is 0 Å². The second-order valence-electron chi connectivity index (χ2n) is 18.9. The van der Waals surface area contributed by atoms with E-state index in [4.69, 9.17) is 0 Å². The lowest BCUT2D eigenvalue weighted by Gasteiger charge is -2.27. The minimum absolute atomic E-state index is 0.0878. The van der Waals surface area contributed by atoms with Gasteiger partial charge in [0.25, 0.3) is 0 Å². The molecule has 1 nitrogen and oxygen atoms in total. The van der Waals surface area contributed by atoms with Crippen LogP contribution in [0.2, 0.25) is 0 Å². The molecule has 294 valence electrons. The number of hydrogen-bond acceptors (Lipinski definition) is 1.